The van der Waals surface area contributed by atoms with Gasteiger partial charge in [-0.1, -0.05) is 57.3 Å². The molecule has 1 unspecified atom stereocenters. The van der Waals surface area contributed by atoms with Crippen molar-refractivity contribution < 1.29 is 18.7 Å². The summed E-state index contributed by atoms with van der Waals surface area (Å²) in [6.45, 7) is 2.39. The number of amides is 1. The molecule has 0 saturated heterocycles. The molecule has 0 saturated carbocycles. The number of hydrogen-bond donors (Lipinski definition) is 0. The van der Waals surface area contributed by atoms with Crippen molar-refractivity contribution in [2.24, 2.45) is 0 Å². The van der Waals surface area contributed by atoms with Crippen LogP contribution in [-0.2, 0) is 4.74 Å². The Morgan fingerprint density at radius 1 is 1.00 bits per heavy atom. The molecule has 6 nitrogen and oxygen atoms in total. The maximum atomic E-state index is 13.7. The zero-order valence-electron chi connectivity index (χ0n) is 19.3. The number of unbranched alkanes of at least 4 members (excludes halogenated alkanes) is 1. The summed E-state index contributed by atoms with van der Waals surface area (Å²) in [5.74, 6) is -0.818. The van der Waals surface area contributed by atoms with Crippen molar-refractivity contribution in [2.75, 3.05) is 11.5 Å². The topological polar surface area (TPSA) is 76.8 Å². The van der Waals surface area contributed by atoms with Crippen molar-refractivity contribution in [3.8, 4) is 0 Å². The molecule has 4 aromatic rings. The maximum Gasteiger partial charge on any atom is 0.338 e. The van der Waals surface area contributed by atoms with Crippen LogP contribution in [0.2, 0.25) is 0 Å². The van der Waals surface area contributed by atoms with E-state index < -0.39 is 17.9 Å². The Labute approximate surface area is 224 Å². The van der Waals surface area contributed by atoms with Crippen LogP contribution in [0, 0.1) is 0 Å². The first-order chi connectivity index (χ1) is 17.4. The molecule has 1 aliphatic rings. The molecule has 0 N–H and O–H groups in total. The predicted octanol–water partition coefficient (Wildman–Crippen LogP) is 7.02. The molecule has 1 amide bonds. The highest BCUT2D eigenvalue weighted by Gasteiger charge is 2.43. The molecule has 1 aromatic heterocycles. The molecule has 182 valence electrons. The van der Waals surface area contributed by atoms with Crippen LogP contribution < -0.4 is 10.3 Å². The van der Waals surface area contributed by atoms with Gasteiger partial charge in [-0.3, -0.25) is 14.5 Å². The summed E-state index contributed by atoms with van der Waals surface area (Å²) in [7, 11) is 0. The van der Waals surface area contributed by atoms with Gasteiger partial charge in [-0.15, -0.1) is 0 Å². The fourth-order valence-electron chi connectivity index (χ4n) is 4.35. The summed E-state index contributed by atoms with van der Waals surface area (Å²) >= 11 is 6.91. The van der Waals surface area contributed by atoms with Crippen LogP contribution in [-0.4, -0.2) is 18.5 Å². The molecule has 5 rings (SSSR count). The van der Waals surface area contributed by atoms with Gasteiger partial charge >= 0.3 is 5.97 Å². The minimum Gasteiger partial charge on any atom is -0.462 e. The van der Waals surface area contributed by atoms with E-state index in [2.05, 4.69) is 31.9 Å². The van der Waals surface area contributed by atoms with Gasteiger partial charge in [0.1, 0.15) is 5.58 Å². The van der Waals surface area contributed by atoms with E-state index in [0.29, 0.717) is 28.8 Å². The molecule has 36 heavy (non-hydrogen) atoms. The van der Waals surface area contributed by atoms with Crippen LogP contribution in [0.5, 0.6) is 0 Å². The lowest BCUT2D eigenvalue weighted by molar-refractivity contribution is 0.0499. The number of nitrogens with zero attached hydrogens (tertiary/aromatic N) is 1. The standard InChI is InChI=1S/C28H21Br2NO5/c1-2-3-13-35-28(34)16-7-10-20(11-8-16)31-24(17-5-4-6-18(29)14-17)23-25(32)21-15-19(30)9-12-22(21)36-26(23)27(31)33/h4-12,14-15,24H,2-3,13H2,1H3. The summed E-state index contributed by atoms with van der Waals surface area (Å²) in [4.78, 5) is 41.3. The normalized spacial score (nSPS) is 14.8. The second kappa shape index (κ2) is 10.0. The lowest BCUT2D eigenvalue weighted by Crippen LogP contribution is -2.29. The van der Waals surface area contributed by atoms with Gasteiger partial charge in [-0.05, 0) is 66.6 Å². The summed E-state index contributed by atoms with van der Waals surface area (Å²) in [6, 6.07) is 18.5. The van der Waals surface area contributed by atoms with Crippen LogP contribution in [0.3, 0.4) is 0 Å². The van der Waals surface area contributed by atoms with Gasteiger partial charge in [0, 0.05) is 14.6 Å². The van der Waals surface area contributed by atoms with Crippen molar-refractivity contribution in [3.05, 3.63) is 108 Å². The van der Waals surface area contributed by atoms with E-state index in [1.807, 2.05) is 31.2 Å². The Balaban J connectivity index is 1.63. The molecule has 8 heteroatoms. The van der Waals surface area contributed by atoms with Gasteiger partial charge in [0.2, 0.25) is 5.76 Å². The van der Waals surface area contributed by atoms with Crippen molar-refractivity contribution in [1.82, 2.24) is 0 Å². The molecule has 0 fully saturated rings. The summed E-state index contributed by atoms with van der Waals surface area (Å²) in [6.07, 6.45) is 1.73. The number of esters is 1. The second-order valence-electron chi connectivity index (χ2n) is 8.48. The molecular weight excluding hydrogens is 590 g/mol. The van der Waals surface area contributed by atoms with E-state index >= 15 is 0 Å². The van der Waals surface area contributed by atoms with Gasteiger partial charge in [-0.25, -0.2) is 4.79 Å². The highest BCUT2D eigenvalue weighted by molar-refractivity contribution is 9.10. The number of carbonyl (C=O) groups is 2. The third-order valence-corrected chi connectivity index (χ3v) is 7.10. The Bertz CT molecular complexity index is 1540. The van der Waals surface area contributed by atoms with Crippen LogP contribution in [0.15, 0.2) is 84.9 Å². The van der Waals surface area contributed by atoms with Crippen molar-refractivity contribution in [2.45, 2.75) is 25.8 Å². The molecule has 0 spiro atoms. The quantitative estimate of drug-likeness (QED) is 0.173. The summed E-state index contributed by atoms with van der Waals surface area (Å²) in [5, 5.41) is 0.392. The smallest absolute Gasteiger partial charge is 0.338 e. The molecule has 1 aliphatic heterocycles. The third-order valence-electron chi connectivity index (χ3n) is 6.11. The summed E-state index contributed by atoms with van der Waals surface area (Å²) < 4.78 is 12.9. The number of ether oxygens (including phenoxy) is 1. The van der Waals surface area contributed by atoms with E-state index in [1.165, 1.54) is 4.90 Å². The van der Waals surface area contributed by atoms with Crippen LogP contribution >= 0.6 is 31.9 Å². The Hall–Kier alpha value is -3.23. The molecule has 0 aliphatic carbocycles. The van der Waals surface area contributed by atoms with Crippen LogP contribution in [0.25, 0.3) is 11.0 Å². The average Bonchev–Trinajstić information content (AvgIpc) is 3.17. The molecule has 2 heterocycles. The summed E-state index contributed by atoms with van der Waals surface area (Å²) in [5.41, 5.74) is 2.04. The first-order valence-electron chi connectivity index (χ1n) is 11.5. The minimum absolute atomic E-state index is 0.0165. The lowest BCUT2D eigenvalue weighted by Gasteiger charge is -2.25. The Morgan fingerprint density at radius 3 is 2.47 bits per heavy atom. The number of carbonyl (C=O) groups excluding carboxylic acids is 2. The van der Waals surface area contributed by atoms with Crippen LogP contribution in [0.1, 0.15) is 57.8 Å². The molecule has 1 atom stereocenters. The number of halogens is 2. The Kier molecular flexibility index (Phi) is 6.81. The molecule has 3 aromatic carbocycles. The first kappa shape index (κ1) is 24.5. The highest BCUT2D eigenvalue weighted by Crippen LogP contribution is 2.42. The zero-order valence-corrected chi connectivity index (χ0v) is 22.5. The monoisotopic (exact) mass is 609 g/mol. The Morgan fingerprint density at radius 2 is 1.75 bits per heavy atom. The van der Waals surface area contributed by atoms with Crippen molar-refractivity contribution in [3.63, 3.8) is 0 Å². The minimum atomic E-state index is -0.702. The van der Waals surface area contributed by atoms with E-state index in [9.17, 15) is 14.4 Å². The van der Waals surface area contributed by atoms with Gasteiger partial charge in [-0.2, -0.15) is 0 Å². The van der Waals surface area contributed by atoms with E-state index in [4.69, 9.17) is 9.15 Å². The van der Waals surface area contributed by atoms with E-state index in [1.54, 1.807) is 42.5 Å². The highest BCUT2D eigenvalue weighted by atomic mass is 79.9. The molecule has 0 bridgehead atoms. The van der Waals surface area contributed by atoms with E-state index in [-0.39, 0.29) is 16.8 Å². The third kappa shape index (κ3) is 4.40. The fourth-order valence-corrected chi connectivity index (χ4v) is 5.13. The average molecular weight is 611 g/mol. The van der Waals surface area contributed by atoms with Gasteiger partial charge < -0.3 is 9.15 Å². The van der Waals surface area contributed by atoms with Gasteiger partial charge in [0.05, 0.1) is 29.2 Å². The largest absolute Gasteiger partial charge is 0.462 e. The van der Waals surface area contributed by atoms with E-state index in [0.717, 1.165) is 27.4 Å². The lowest BCUT2D eigenvalue weighted by atomic mass is 9.98. The van der Waals surface area contributed by atoms with Gasteiger partial charge in [0.15, 0.2) is 5.43 Å². The van der Waals surface area contributed by atoms with Crippen molar-refractivity contribution in [1.29, 1.82) is 0 Å². The predicted molar refractivity (Wildman–Crippen MR) is 145 cm³/mol. The zero-order chi connectivity index (χ0) is 25.4. The van der Waals surface area contributed by atoms with Crippen LogP contribution in [0.4, 0.5) is 5.69 Å². The fraction of sp³-hybridized carbons (Fsp3) is 0.179. The second-order valence-corrected chi connectivity index (χ2v) is 10.3. The number of rotatable bonds is 6. The van der Waals surface area contributed by atoms with Crippen molar-refractivity contribution >= 4 is 60.4 Å². The SMILES string of the molecule is CCCCOC(=O)c1ccc(N2C(=O)c3oc4ccc(Br)cc4c(=O)c3C2c2cccc(Br)c2)cc1. The first-order valence-corrected chi connectivity index (χ1v) is 13.1. The number of anilines is 1. The number of hydrogen-bond acceptors (Lipinski definition) is 5. The number of benzene rings is 3. The molecular formula is C28H21Br2NO5. The number of fused-ring (bicyclic) bond motifs is 2. The maximum absolute atomic E-state index is 13.7. The molecule has 0 radical (unpaired) electrons. The van der Waals surface area contributed by atoms with Gasteiger partial charge in [0.25, 0.3) is 5.91 Å².